The molecule has 4 heteroatoms. The van der Waals surface area contributed by atoms with Gasteiger partial charge in [0.1, 0.15) is 11.5 Å². The van der Waals surface area contributed by atoms with Crippen LogP contribution < -0.4 is 9.47 Å². The molecule has 1 aliphatic rings. The Labute approximate surface area is 150 Å². The molecule has 0 N–H and O–H groups in total. The normalized spacial score (nSPS) is 23.4. The molecule has 1 aromatic rings. The van der Waals surface area contributed by atoms with Crippen LogP contribution in [0.4, 0.5) is 0 Å². The van der Waals surface area contributed by atoms with Crippen molar-refractivity contribution in [1.29, 1.82) is 0 Å². The third-order valence-electron chi connectivity index (χ3n) is 5.21. The Morgan fingerprint density at radius 1 is 1.36 bits per heavy atom. The number of ether oxygens (including phenoxy) is 2. The fraction of sp³-hybridized carbons (Fsp3) is 0.571. The van der Waals surface area contributed by atoms with Crippen LogP contribution in [0.1, 0.15) is 46.5 Å². The Hall–Kier alpha value is -2.06. The number of isocyanates is 1. The topological polar surface area (TPSA) is 47.9 Å². The van der Waals surface area contributed by atoms with Gasteiger partial charge in [0.25, 0.3) is 0 Å². The maximum absolute atomic E-state index is 11.1. The highest BCUT2D eigenvalue weighted by molar-refractivity contribution is 5.36. The van der Waals surface area contributed by atoms with Crippen molar-refractivity contribution < 1.29 is 14.3 Å². The van der Waals surface area contributed by atoms with Crippen molar-refractivity contribution in [2.45, 2.75) is 52.0 Å². The minimum Gasteiger partial charge on any atom is -0.497 e. The quantitative estimate of drug-likeness (QED) is 0.381. The lowest BCUT2D eigenvalue weighted by molar-refractivity contribution is 0.162. The summed E-state index contributed by atoms with van der Waals surface area (Å²) in [5.41, 5.74) is 0.940. The van der Waals surface area contributed by atoms with Gasteiger partial charge in [0.05, 0.1) is 19.3 Å². The summed E-state index contributed by atoms with van der Waals surface area (Å²) in [5, 5.41) is 0. The lowest BCUT2D eigenvalue weighted by Gasteiger charge is -2.33. The number of hydrogen-bond donors (Lipinski definition) is 0. The van der Waals surface area contributed by atoms with Gasteiger partial charge in [-0.1, -0.05) is 25.0 Å². The number of hydrogen-bond acceptors (Lipinski definition) is 4. The fourth-order valence-electron chi connectivity index (χ4n) is 3.82. The zero-order chi connectivity index (χ0) is 18.3. The van der Waals surface area contributed by atoms with Crippen LogP contribution in [0.2, 0.25) is 0 Å². The van der Waals surface area contributed by atoms with Crippen molar-refractivity contribution in [2.75, 3.05) is 13.7 Å². The fourth-order valence-corrected chi connectivity index (χ4v) is 3.82. The van der Waals surface area contributed by atoms with Crippen LogP contribution in [0.25, 0.3) is 0 Å². The minimum atomic E-state index is -0.318. The van der Waals surface area contributed by atoms with Crippen molar-refractivity contribution in [2.24, 2.45) is 16.8 Å². The Bertz CT molecular complexity index is 627. The first-order valence-corrected chi connectivity index (χ1v) is 9.00. The van der Waals surface area contributed by atoms with Crippen LogP contribution in [0.3, 0.4) is 0 Å². The Kier molecular flexibility index (Phi) is 6.83. The first-order valence-electron chi connectivity index (χ1n) is 9.00. The molecule has 1 fully saturated rings. The predicted molar refractivity (Wildman–Crippen MR) is 99.9 cm³/mol. The molecule has 0 bridgehead atoms. The Morgan fingerprint density at radius 3 is 2.64 bits per heavy atom. The summed E-state index contributed by atoms with van der Waals surface area (Å²) in [5.74, 6) is 2.30. The van der Waals surface area contributed by atoms with E-state index in [2.05, 4.69) is 31.8 Å². The van der Waals surface area contributed by atoms with E-state index in [1.165, 1.54) is 5.57 Å². The van der Waals surface area contributed by atoms with Gasteiger partial charge in [-0.15, -0.1) is 0 Å². The molecule has 1 saturated carbocycles. The SMILES string of the molecule is COc1ccc(OC[C@@H](C)[C@H]2CCC[C@@]2(CC=C(C)C)N=C=O)cc1. The number of methoxy groups -OCH3 is 1. The van der Waals surface area contributed by atoms with Crippen molar-refractivity contribution in [3.05, 3.63) is 35.9 Å². The van der Waals surface area contributed by atoms with E-state index in [1.54, 1.807) is 7.11 Å². The lowest BCUT2D eigenvalue weighted by Crippen LogP contribution is -2.36. The summed E-state index contributed by atoms with van der Waals surface area (Å²) in [6, 6.07) is 7.62. The third kappa shape index (κ3) is 4.96. The summed E-state index contributed by atoms with van der Waals surface area (Å²) in [6.45, 7) is 6.97. The van der Waals surface area contributed by atoms with E-state index in [0.717, 1.165) is 37.2 Å². The zero-order valence-electron chi connectivity index (χ0n) is 15.7. The molecule has 0 radical (unpaired) electrons. The monoisotopic (exact) mass is 343 g/mol. The average Bonchev–Trinajstić information content (AvgIpc) is 3.02. The van der Waals surface area contributed by atoms with E-state index < -0.39 is 0 Å². The number of carbonyl (C=O) groups excluding carboxylic acids is 1. The van der Waals surface area contributed by atoms with Crippen LogP contribution in [0, 0.1) is 11.8 Å². The van der Waals surface area contributed by atoms with Crippen molar-refractivity contribution in [3.8, 4) is 11.5 Å². The third-order valence-corrected chi connectivity index (χ3v) is 5.21. The molecule has 0 aliphatic heterocycles. The highest BCUT2D eigenvalue weighted by atomic mass is 16.5. The number of allylic oxidation sites excluding steroid dienone is 1. The molecular formula is C21H29NO3. The molecule has 0 spiro atoms. The van der Waals surface area contributed by atoms with Gasteiger partial charge in [-0.3, -0.25) is 0 Å². The summed E-state index contributed by atoms with van der Waals surface area (Å²) in [7, 11) is 1.65. The molecule has 3 atom stereocenters. The van der Waals surface area contributed by atoms with Crippen LogP contribution in [0.15, 0.2) is 40.9 Å². The van der Waals surface area contributed by atoms with Crippen LogP contribution in [-0.2, 0) is 4.79 Å². The standard InChI is InChI=1S/C21H29NO3/c1-16(2)11-13-21(22-15-23)12-5-6-20(21)17(3)14-25-19-9-7-18(24-4)8-10-19/h7-11,17,20H,5-6,12-14H2,1-4H3/t17-,20-,21+/m1/s1. The van der Waals surface area contributed by atoms with Crippen molar-refractivity contribution >= 4 is 6.08 Å². The van der Waals surface area contributed by atoms with Crippen LogP contribution >= 0.6 is 0 Å². The molecule has 0 saturated heterocycles. The number of nitrogens with zero attached hydrogens (tertiary/aromatic N) is 1. The summed E-state index contributed by atoms with van der Waals surface area (Å²) in [4.78, 5) is 15.3. The molecule has 1 aliphatic carbocycles. The van der Waals surface area contributed by atoms with E-state index in [-0.39, 0.29) is 5.54 Å². The lowest BCUT2D eigenvalue weighted by atomic mass is 9.77. The second-order valence-electron chi connectivity index (χ2n) is 7.25. The largest absolute Gasteiger partial charge is 0.497 e. The molecule has 25 heavy (non-hydrogen) atoms. The second kappa shape index (κ2) is 8.87. The first kappa shape index (κ1) is 19.3. The van der Waals surface area contributed by atoms with Crippen molar-refractivity contribution in [3.63, 3.8) is 0 Å². The second-order valence-corrected chi connectivity index (χ2v) is 7.25. The summed E-state index contributed by atoms with van der Waals surface area (Å²) < 4.78 is 11.1. The molecule has 0 aromatic heterocycles. The van der Waals surface area contributed by atoms with E-state index in [0.29, 0.717) is 18.4 Å². The maximum Gasteiger partial charge on any atom is 0.235 e. The predicted octanol–water partition coefficient (Wildman–Crippen LogP) is 4.94. The molecule has 4 nitrogen and oxygen atoms in total. The highest BCUT2D eigenvalue weighted by Gasteiger charge is 2.45. The van der Waals surface area contributed by atoms with Gasteiger partial charge in [-0.05, 0) is 69.2 Å². The molecule has 0 heterocycles. The van der Waals surface area contributed by atoms with Gasteiger partial charge in [0.15, 0.2) is 0 Å². The van der Waals surface area contributed by atoms with Crippen molar-refractivity contribution in [1.82, 2.24) is 0 Å². The minimum absolute atomic E-state index is 0.312. The van der Waals surface area contributed by atoms with Gasteiger partial charge in [-0.25, -0.2) is 4.79 Å². The number of aliphatic imine (C=N–C) groups is 1. The van der Waals surface area contributed by atoms with E-state index in [4.69, 9.17) is 9.47 Å². The van der Waals surface area contributed by atoms with E-state index >= 15 is 0 Å². The molecular weight excluding hydrogens is 314 g/mol. The maximum atomic E-state index is 11.1. The molecule has 2 rings (SSSR count). The van der Waals surface area contributed by atoms with E-state index in [9.17, 15) is 4.79 Å². The number of rotatable bonds is 8. The van der Waals surface area contributed by atoms with Gasteiger partial charge >= 0.3 is 0 Å². The summed E-state index contributed by atoms with van der Waals surface area (Å²) >= 11 is 0. The van der Waals surface area contributed by atoms with Crippen LogP contribution in [-0.4, -0.2) is 25.3 Å². The summed E-state index contributed by atoms with van der Waals surface area (Å²) in [6.07, 6.45) is 7.96. The highest BCUT2D eigenvalue weighted by Crippen LogP contribution is 2.45. The first-order chi connectivity index (χ1) is 12.0. The Balaban J connectivity index is 2.05. The zero-order valence-corrected chi connectivity index (χ0v) is 15.7. The van der Waals surface area contributed by atoms with Gasteiger partial charge in [0, 0.05) is 0 Å². The molecule has 0 amide bonds. The molecule has 0 unspecified atom stereocenters. The van der Waals surface area contributed by atoms with E-state index in [1.807, 2.05) is 30.3 Å². The molecule has 1 aromatic carbocycles. The Morgan fingerprint density at radius 2 is 2.04 bits per heavy atom. The average molecular weight is 343 g/mol. The smallest absolute Gasteiger partial charge is 0.235 e. The van der Waals surface area contributed by atoms with Crippen LogP contribution in [0.5, 0.6) is 11.5 Å². The van der Waals surface area contributed by atoms with Gasteiger partial charge in [0.2, 0.25) is 6.08 Å². The molecule has 136 valence electrons. The number of benzene rings is 1. The van der Waals surface area contributed by atoms with Gasteiger partial charge < -0.3 is 9.47 Å². The van der Waals surface area contributed by atoms with Gasteiger partial charge in [-0.2, -0.15) is 4.99 Å².